The summed E-state index contributed by atoms with van der Waals surface area (Å²) in [7, 11) is 2.05. The highest BCUT2D eigenvalue weighted by Gasteiger charge is 2.38. The second-order valence-electron chi connectivity index (χ2n) is 5.37. The zero-order valence-corrected chi connectivity index (χ0v) is 11.8. The molecule has 18 heavy (non-hydrogen) atoms. The average molecular weight is 247 g/mol. The van der Waals surface area contributed by atoms with Crippen LogP contribution in [-0.4, -0.2) is 12.6 Å². The Hall–Kier alpha value is -1.02. The van der Waals surface area contributed by atoms with Crippen molar-refractivity contribution in [1.82, 2.24) is 5.32 Å². The summed E-state index contributed by atoms with van der Waals surface area (Å²) in [6, 6.07) is 8.88. The molecule has 1 atom stereocenters. The van der Waals surface area contributed by atoms with Gasteiger partial charge >= 0.3 is 0 Å². The van der Waals surface area contributed by atoms with E-state index in [1.807, 2.05) is 0 Å². The lowest BCUT2D eigenvalue weighted by Crippen LogP contribution is -2.43. The van der Waals surface area contributed by atoms with Crippen LogP contribution in [0.1, 0.15) is 57.6 Å². The van der Waals surface area contributed by atoms with Gasteiger partial charge in [-0.3, -0.25) is 0 Å². The Balaban J connectivity index is 2.32. The highest BCUT2D eigenvalue weighted by Crippen LogP contribution is 2.43. The van der Waals surface area contributed by atoms with Crippen molar-refractivity contribution < 1.29 is 4.74 Å². The van der Waals surface area contributed by atoms with Crippen LogP contribution in [-0.2, 0) is 0 Å². The van der Waals surface area contributed by atoms with E-state index in [1.165, 1.54) is 18.4 Å². The summed E-state index contributed by atoms with van der Waals surface area (Å²) >= 11 is 0. The second kappa shape index (κ2) is 5.75. The summed E-state index contributed by atoms with van der Waals surface area (Å²) in [5.41, 5.74) is 1.34. The molecule has 0 amide bonds. The van der Waals surface area contributed by atoms with E-state index in [9.17, 15) is 0 Å². The number of ether oxygens (including phenoxy) is 1. The first kappa shape index (κ1) is 13.4. The number of hydrogen-bond donors (Lipinski definition) is 1. The largest absolute Gasteiger partial charge is 0.487 e. The molecule has 1 N–H and O–H groups in total. The number of benzene rings is 1. The summed E-state index contributed by atoms with van der Waals surface area (Å²) in [4.78, 5) is 0. The van der Waals surface area contributed by atoms with Gasteiger partial charge in [0.25, 0.3) is 0 Å². The van der Waals surface area contributed by atoms with E-state index in [4.69, 9.17) is 4.74 Å². The first-order valence-electron chi connectivity index (χ1n) is 7.20. The minimum Gasteiger partial charge on any atom is -0.487 e. The Morgan fingerprint density at radius 1 is 1.22 bits per heavy atom. The molecule has 0 spiro atoms. The molecular weight excluding hydrogens is 222 g/mol. The monoisotopic (exact) mass is 247 g/mol. The van der Waals surface area contributed by atoms with Crippen molar-refractivity contribution in [2.75, 3.05) is 7.05 Å². The predicted octanol–water partition coefficient (Wildman–Crippen LogP) is 4.07. The standard InChI is InChI=1S/C16H25NO/c1-4-10-16(11-5-2)12-14(17-3)13-8-6-7-9-15(13)18-16/h6-9,14,17H,4-5,10-12H2,1-3H3. The van der Waals surface area contributed by atoms with Crippen LogP contribution in [0.3, 0.4) is 0 Å². The minimum atomic E-state index is 0.0333. The molecular formula is C16H25NO. The van der Waals surface area contributed by atoms with Gasteiger partial charge in [0.1, 0.15) is 11.4 Å². The molecule has 0 saturated carbocycles. The molecule has 1 aliphatic rings. The zero-order chi connectivity index (χ0) is 13.0. The Bertz CT molecular complexity index is 382. The molecule has 1 aliphatic heterocycles. The van der Waals surface area contributed by atoms with E-state index in [-0.39, 0.29) is 5.60 Å². The van der Waals surface area contributed by atoms with Gasteiger partial charge in [0, 0.05) is 18.0 Å². The number of rotatable bonds is 5. The molecule has 0 aromatic heterocycles. The topological polar surface area (TPSA) is 21.3 Å². The van der Waals surface area contributed by atoms with Gasteiger partial charge in [0.2, 0.25) is 0 Å². The smallest absolute Gasteiger partial charge is 0.124 e. The highest BCUT2D eigenvalue weighted by molar-refractivity contribution is 5.38. The van der Waals surface area contributed by atoms with Crippen LogP contribution in [0, 0.1) is 0 Å². The fraction of sp³-hybridized carbons (Fsp3) is 0.625. The quantitative estimate of drug-likeness (QED) is 0.847. The third kappa shape index (κ3) is 2.54. The SMILES string of the molecule is CCCC1(CCC)CC(NC)c2ccccc2O1. The van der Waals surface area contributed by atoms with Gasteiger partial charge in [-0.15, -0.1) is 0 Å². The highest BCUT2D eigenvalue weighted by atomic mass is 16.5. The average Bonchev–Trinajstić information content (AvgIpc) is 2.38. The van der Waals surface area contributed by atoms with Gasteiger partial charge in [-0.2, -0.15) is 0 Å². The van der Waals surface area contributed by atoms with Gasteiger partial charge < -0.3 is 10.1 Å². The Morgan fingerprint density at radius 3 is 2.50 bits per heavy atom. The van der Waals surface area contributed by atoms with E-state index < -0.39 is 0 Å². The summed E-state index contributed by atoms with van der Waals surface area (Å²) in [5, 5.41) is 3.45. The fourth-order valence-electron chi connectivity index (χ4n) is 3.22. The minimum absolute atomic E-state index is 0.0333. The van der Waals surface area contributed by atoms with Gasteiger partial charge in [0.15, 0.2) is 0 Å². The van der Waals surface area contributed by atoms with Crippen LogP contribution in [0.2, 0.25) is 0 Å². The van der Waals surface area contributed by atoms with E-state index in [1.54, 1.807) is 0 Å². The van der Waals surface area contributed by atoms with Crippen molar-refractivity contribution in [3.8, 4) is 5.75 Å². The van der Waals surface area contributed by atoms with E-state index in [0.717, 1.165) is 25.0 Å². The fourth-order valence-corrected chi connectivity index (χ4v) is 3.22. The summed E-state index contributed by atoms with van der Waals surface area (Å²) < 4.78 is 6.39. The molecule has 2 nitrogen and oxygen atoms in total. The van der Waals surface area contributed by atoms with E-state index >= 15 is 0 Å². The summed E-state index contributed by atoms with van der Waals surface area (Å²) in [6.07, 6.45) is 5.74. The molecule has 0 radical (unpaired) electrons. The third-order valence-corrected chi connectivity index (χ3v) is 3.96. The van der Waals surface area contributed by atoms with Crippen molar-refractivity contribution in [1.29, 1.82) is 0 Å². The Kier molecular flexibility index (Phi) is 4.28. The van der Waals surface area contributed by atoms with Crippen LogP contribution in [0.4, 0.5) is 0 Å². The molecule has 1 heterocycles. The van der Waals surface area contributed by atoms with Crippen LogP contribution < -0.4 is 10.1 Å². The zero-order valence-electron chi connectivity index (χ0n) is 11.8. The first-order valence-corrected chi connectivity index (χ1v) is 7.20. The van der Waals surface area contributed by atoms with E-state index in [2.05, 4.69) is 50.5 Å². The molecule has 0 fully saturated rings. The third-order valence-electron chi connectivity index (χ3n) is 3.96. The predicted molar refractivity (Wildman–Crippen MR) is 76.0 cm³/mol. The lowest BCUT2D eigenvalue weighted by atomic mass is 9.81. The number of fused-ring (bicyclic) bond motifs is 1. The molecule has 2 rings (SSSR count). The van der Waals surface area contributed by atoms with Crippen molar-refractivity contribution >= 4 is 0 Å². The lowest BCUT2D eigenvalue weighted by molar-refractivity contribution is 0.0139. The van der Waals surface area contributed by atoms with Crippen molar-refractivity contribution in [3.63, 3.8) is 0 Å². The van der Waals surface area contributed by atoms with Crippen LogP contribution >= 0.6 is 0 Å². The molecule has 0 bridgehead atoms. The molecule has 1 unspecified atom stereocenters. The molecule has 2 heteroatoms. The maximum absolute atomic E-state index is 6.39. The van der Waals surface area contributed by atoms with Gasteiger partial charge in [0.05, 0.1) is 0 Å². The molecule has 1 aromatic carbocycles. The van der Waals surface area contributed by atoms with Crippen LogP contribution in [0.15, 0.2) is 24.3 Å². The Morgan fingerprint density at radius 2 is 1.89 bits per heavy atom. The number of hydrogen-bond acceptors (Lipinski definition) is 2. The molecule has 0 aliphatic carbocycles. The normalized spacial score (nSPS) is 21.2. The van der Waals surface area contributed by atoms with Gasteiger partial charge in [-0.1, -0.05) is 44.9 Å². The van der Waals surface area contributed by atoms with Gasteiger partial charge in [-0.25, -0.2) is 0 Å². The number of para-hydroxylation sites is 1. The first-order chi connectivity index (χ1) is 8.74. The van der Waals surface area contributed by atoms with E-state index in [0.29, 0.717) is 6.04 Å². The maximum atomic E-state index is 6.39. The molecule has 100 valence electrons. The van der Waals surface area contributed by atoms with Crippen molar-refractivity contribution in [2.24, 2.45) is 0 Å². The Labute approximate surface area is 111 Å². The van der Waals surface area contributed by atoms with Crippen molar-refractivity contribution in [3.05, 3.63) is 29.8 Å². The summed E-state index contributed by atoms with van der Waals surface area (Å²) in [5.74, 6) is 1.07. The summed E-state index contributed by atoms with van der Waals surface area (Å²) in [6.45, 7) is 4.49. The molecule has 0 saturated heterocycles. The lowest BCUT2D eigenvalue weighted by Gasteiger charge is -2.42. The second-order valence-corrected chi connectivity index (χ2v) is 5.37. The van der Waals surface area contributed by atoms with Crippen molar-refractivity contribution in [2.45, 2.75) is 57.6 Å². The molecule has 1 aromatic rings. The van der Waals surface area contributed by atoms with Gasteiger partial charge in [-0.05, 0) is 26.0 Å². The number of nitrogens with one attached hydrogen (secondary N) is 1. The van der Waals surface area contributed by atoms with Crippen LogP contribution in [0.5, 0.6) is 5.75 Å². The van der Waals surface area contributed by atoms with Crippen LogP contribution in [0.25, 0.3) is 0 Å². The maximum Gasteiger partial charge on any atom is 0.124 e.